The van der Waals surface area contributed by atoms with Crippen LogP contribution in [0.3, 0.4) is 0 Å². The van der Waals surface area contributed by atoms with Crippen LogP contribution < -0.4 is 15.4 Å². The van der Waals surface area contributed by atoms with Crippen LogP contribution in [0.4, 0.5) is 0 Å². The molecule has 1 aromatic carbocycles. The predicted molar refractivity (Wildman–Crippen MR) is 128 cm³/mol. The number of nitrogens with one attached hydrogen (secondary N) is 2. The maximum atomic E-state index is 5.46. The van der Waals surface area contributed by atoms with Gasteiger partial charge in [0.25, 0.3) is 0 Å². The maximum Gasteiger partial charge on any atom is 0.191 e. The second-order valence-electron chi connectivity index (χ2n) is 7.03. The van der Waals surface area contributed by atoms with E-state index in [4.69, 9.17) is 9.73 Å². The number of methoxy groups -OCH3 is 1. The third-order valence-corrected chi connectivity index (χ3v) is 4.54. The summed E-state index contributed by atoms with van der Waals surface area (Å²) in [6, 6.07) is 6.92. The van der Waals surface area contributed by atoms with E-state index in [2.05, 4.69) is 62.4 Å². The molecular weight excluding hydrogens is 451 g/mol. The van der Waals surface area contributed by atoms with Gasteiger partial charge in [0.15, 0.2) is 5.96 Å². The average molecular weight is 490 g/mol. The van der Waals surface area contributed by atoms with Crippen LogP contribution in [-0.4, -0.2) is 57.2 Å². The quantitative estimate of drug-likeness (QED) is 0.214. The Kier molecular flexibility index (Phi) is 14.4. The van der Waals surface area contributed by atoms with E-state index in [9.17, 15) is 0 Å². The molecule has 0 spiro atoms. The smallest absolute Gasteiger partial charge is 0.191 e. The number of hydrogen-bond donors (Lipinski definition) is 2. The van der Waals surface area contributed by atoms with Gasteiger partial charge in [0.2, 0.25) is 0 Å². The van der Waals surface area contributed by atoms with E-state index < -0.39 is 0 Å². The average Bonchev–Trinajstić information content (AvgIpc) is 2.61. The zero-order chi connectivity index (χ0) is 19.4. The molecule has 1 rings (SSSR count). The SMILES string of the molecule is CCNC(=NCCCCN(C)C(C)C)NCCc1cc(C)ccc1OC.I. The van der Waals surface area contributed by atoms with E-state index in [0.717, 1.165) is 50.7 Å². The molecule has 156 valence electrons. The van der Waals surface area contributed by atoms with Crippen LogP contribution in [0.2, 0.25) is 0 Å². The van der Waals surface area contributed by atoms with Crippen molar-refractivity contribution in [2.24, 2.45) is 4.99 Å². The van der Waals surface area contributed by atoms with Crippen molar-refractivity contribution in [1.29, 1.82) is 0 Å². The molecule has 0 aromatic heterocycles. The number of benzene rings is 1. The first-order chi connectivity index (χ1) is 12.5. The Balaban J connectivity index is 0.00000676. The predicted octanol–water partition coefficient (Wildman–Crippen LogP) is 3.84. The molecule has 0 aliphatic heterocycles. The third-order valence-electron chi connectivity index (χ3n) is 4.54. The van der Waals surface area contributed by atoms with E-state index in [0.29, 0.717) is 6.04 Å². The van der Waals surface area contributed by atoms with Crippen LogP contribution in [0.25, 0.3) is 0 Å². The number of guanidine groups is 1. The number of aliphatic imine (C=N–C) groups is 1. The Bertz CT molecular complexity index is 549. The number of ether oxygens (including phenoxy) is 1. The van der Waals surface area contributed by atoms with Crippen molar-refractivity contribution in [2.45, 2.75) is 53.0 Å². The summed E-state index contributed by atoms with van der Waals surface area (Å²) < 4.78 is 5.46. The summed E-state index contributed by atoms with van der Waals surface area (Å²) in [7, 11) is 3.91. The molecule has 0 aliphatic carbocycles. The molecule has 0 amide bonds. The Morgan fingerprint density at radius 1 is 1.22 bits per heavy atom. The second-order valence-corrected chi connectivity index (χ2v) is 7.03. The van der Waals surface area contributed by atoms with Gasteiger partial charge in [-0.05, 0) is 72.2 Å². The number of hydrogen-bond acceptors (Lipinski definition) is 3. The zero-order valence-corrected chi connectivity index (χ0v) is 20.3. The number of nitrogens with zero attached hydrogens (tertiary/aromatic N) is 2. The highest BCUT2D eigenvalue weighted by Gasteiger charge is 2.05. The monoisotopic (exact) mass is 490 g/mol. The summed E-state index contributed by atoms with van der Waals surface area (Å²) in [6.45, 7) is 12.4. The Morgan fingerprint density at radius 3 is 2.59 bits per heavy atom. The fraction of sp³-hybridized carbons (Fsp3) is 0.667. The highest BCUT2D eigenvalue weighted by Crippen LogP contribution is 2.19. The van der Waals surface area contributed by atoms with Crippen molar-refractivity contribution in [3.8, 4) is 5.75 Å². The summed E-state index contributed by atoms with van der Waals surface area (Å²) in [4.78, 5) is 7.07. The molecule has 6 heteroatoms. The normalized spacial score (nSPS) is 11.5. The molecule has 0 saturated heterocycles. The standard InChI is InChI=1S/C21H38N4O.HI/c1-7-22-21(23-13-8-9-15-25(5)17(2)3)24-14-12-19-16-18(4)10-11-20(19)26-6;/h10-11,16-17H,7-9,12-15H2,1-6H3,(H2,22,23,24);1H. The van der Waals surface area contributed by atoms with Crippen molar-refractivity contribution in [2.75, 3.05) is 40.3 Å². The molecule has 0 radical (unpaired) electrons. The van der Waals surface area contributed by atoms with Crippen LogP contribution >= 0.6 is 24.0 Å². The Labute approximate surface area is 183 Å². The first kappa shape index (κ1) is 26.0. The number of unbranched alkanes of at least 4 members (excludes halogenated alkanes) is 1. The van der Waals surface area contributed by atoms with Crippen LogP contribution in [0, 0.1) is 6.92 Å². The maximum absolute atomic E-state index is 5.46. The van der Waals surface area contributed by atoms with E-state index in [1.807, 2.05) is 6.07 Å². The minimum Gasteiger partial charge on any atom is -0.496 e. The van der Waals surface area contributed by atoms with Crippen molar-refractivity contribution in [3.05, 3.63) is 29.3 Å². The van der Waals surface area contributed by atoms with Gasteiger partial charge in [-0.15, -0.1) is 24.0 Å². The van der Waals surface area contributed by atoms with Crippen LogP contribution in [0.15, 0.2) is 23.2 Å². The van der Waals surface area contributed by atoms with E-state index in [1.54, 1.807) is 7.11 Å². The molecule has 0 bridgehead atoms. The minimum atomic E-state index is 0. The molecule has 27 heavy (non-hydrogen) atoms. The van der Waals surface area contributed by atoms with Gasteiger partial charge < -0.3 is 20.3 Å². The molecule has 0 heterocycles. The van der Waals surface area contributed by atoms with Gasteiger partial charge in [0, 0.05) is 25.7 Å². The van der Waals surface area contributed by atoms with Gasteiger partial charge in [-0.1, -0.05) is 17.7 Å². The van der Waals surface area contributed by atoms with Gasteiger partial charge in [-0.2, -0.15) is 0 Å². The lowest BCUT2D eigenvalue weighted by atomic mass is 10.1. The molecule has 1 aromatic rings. The van der Waals surface area contributed by atoms with E-state index in [1.165, 1.54) is 17.5 Å². The summed E-state index contributed by atoms with van der Waals surface area (Å²) in [5.74, 6) is 1.85. The minimum absolute atomic E-state index is 0. The molecular formula is C21H39IN4O. The highest BCUT2D eigenvalue weighted by molar-refractivity contribution is 14.0. The van der Waals surface area contributed by atoms with E-state index >= 15 is 0 Å². The summed E-state index contributed by atoms with van der Waals surface area (Å²) in [5.41, 5.74) is 2.49. The first-order valence-corrected chi connectivity index (χ1v) is 9.83. The fourth-order valence-corrected chi connectivity index (χ4v) is 2.68. The Hall–Kier alpha value is -1.02. The van der Waals surface area contributed by atoms with Gasteiger partial charge in [0.1, 0.15) is 5.75 Å². The number of rotatable bonds is 11. The molecule has 5 nitrogen and oxygen atoms in total. The van der Waals surface area contributed by atoms with Gasteiger partial charge in [-0.25, -0.2) is 0 Å². The Morgan fingerprint density at radius 2 is 1.96 bits per heavy atom. The number of aryl methyl sites for hydroxylation is 1. The molecule has 0 fully saturated rings. The van der Waals surface area contributed by atoms with Crippen molar-refractivity contribution in [1.82, 2.24) is 15.5 Å². The van der Waals surface area contributed by atoms with Gasteiger partial charge in [0.05, 0.1) is 7.11 Å². The van der Waals surface area contributed by atoms with Gasteiger partial charge >= 0.3 is 0 Å². The first-order valence-electron chi connectivity index (χ1n) is 9.83. The highest BCUT2D eigenvalue weighted by atomic mass is 127. The van der Waals surface area contributed by atoms with Crippen molar-refractivity contribution < 1.29 is 4.74 Å². The third kappa shape index (κ3) is 10.8. The van der Waals surface area contributed by atoms with Crippen molar-refractivity contribution in [3.63, 3.8) is 0 Å². The zero-order valence-electron chi connectivity index (χ0n) is 18.0. The summed E-state index contributed by atoms with van der Waals surface area (Å²) in [5, 5.41) is 6.75. The summed E-state index contributed by atoms with van der Waals surface area (Å²) >= 11 is 0. The lowest BCUT2D eigenvalue weighted by Crippen LogP contribution is -2.38. The molecule has 0 unspecified atom stereocenters. The van der Waals surface area contributed by atoms with Crippen LogP contribution in [0.1, 0.15) is 44.7 Å². The van der Waals surface area contributed by atoms with Crippen molar-refractivity contribution >= 4 is 29.9 Å². The number of halogens is 1. The lowest BCUT2D eigenvalue weighted by Gasteiger charge is -2.20. The largest absolute Gasteiger partial charge is 0.496 e. The second kappa shape index (κ2) is 15.0. The van der Waals surface area contributed by atoms with Crippen LogP contribution in [-0.2, 0) is 6.42 Å². The molecule has 2 N–H and O–H groups in total. The summed E-state index contributed by atoms with van der Waals surface area (Å²) in [6.07, 6.45) is 3.20. The fourth-order valence-electron chi connectivity index (χ4n) is 2.68. The topological polar surface area (TPSA) is 48.9 Å². The van der Waals surface area contributed by atoms with Gasteiger partial charge in [-0.3, -0.25) is 4.99 Å². The lowest BCUT2D eigenvalue weighted by molar-refractivity contribution is 0.269. The molecule has 0 saturated carbocycles. The van der Waals surface area contributed by atoms with E-state index in [-0.39, 0.29) is 24.0 Å². The molecule has 0 atom stereocenters. The molecule has 0 aliphatic rings. The van der Waals surface area contributed by atoms with Crippen LogP contribution in [0.5, 0.6) is 5.75 Å².